The molecule has 1 heterocycles. The van der Waals surface area contributed by atoms with Gasteiger partial charge in [0.2, 0.25) is 0 Å². The Hall–Kier alpha value is -2.48. The third kappa shape index (κ3) is 3.75. The van der Waals surface area contributed by atoms with Crippen LogP contribution in [0.2, 0.25) is 0 Å². The normalized spacial score (nSPS) is 10.1. The van der Waals surface area contributed by atoms with E-state index in [4.69, 9.17) is 5.11 Å². The first-order valence-corrected chi connectivity index (χ1v) is 6.40. The Balaban J connectivity index is 1.85. The second kappa shape index (κ2) is 6.11. The summed E-state index contributed by atoms with van der Waals surface area (Å²) in [4.78, 5) is 26.0. The Morgan fingerprint density at radius 1 is 1.30 bits per heavy atom. The molecule has 0 aliphatic heterocycles. The molecule has 2 rings (SSSR count). The molecule has 0 atom stereocenters. The number of thiazole rings is 1. The highest BCUT2D eigenvalue weighted by molar-refractivity contribution is 7.09. The molecule has 0 unspecified atom stereocenters. The van der Waals surface area contributed by atoms with Crippen LogP contribution in [0.5, 0.6) is 0 Å². The summed E-state index contributed by atoms with van der Waals surface area (Å²) in [6.45, 7) is 0.116. The molecule has 2 amide bonds. The molecule has 0 radical (unpaired) electrons. The minimum atomic E-state index is -1.11. The largest absolute Gasteiger partial charge is 0.476 e. The van der Waals surface area contributed by atoms with Crippen LogP contribution >= 0.6 is 11.3 Å². The highest BCUT2D eigenvalue weighted by Crippen LogP contribution is 2.10. The summed E-state index contributed by atoms with van der Waals surface area (Å²) in [6.07, 6.45) is 0. The second-order valence-corrected chi connectivity index (χ2v) is 4.69. The fourth-order valence-electron chi connectivity index (χ4n) is 1.35. The molecule has 8 heteroatoms. The van der Waals surface area contributed by atoms with Crippen LogP contribution in [0.25, 0.3) is 0 Å². The number of urea groups is 1. The van der Waals surface area contributed by atoms with E-state index >= 15 is 0 Å². The van der Waals surface area contributed by atoms with Crippen LogP contribution in [0.4, 0.5) is 14.9 Å². The van der Waals surface area contributed by atoms with Crippen LogP contribution < -0.4 is 10.6 Å². The van der Waals surface area contributed by atoms with Gasteiger partial charge in [-0.05, 0) is 24.3 Å². The van der Waals surface area contributed by atoms with Crippen molar-refractivity contribution in [2.24, 2.45) is 0 Å². The molecule has 2 aromatic rings. The third-order valence-corrected chi connectivity index (χ3v) is 3.12. The number of nitrogens with one attached hydrogen (secondary N) is 2. The van der Waals surface area contributed by atoms with E-state index in [1.807, 2.05) is 0 Å². The van der Waals surface area contributed by atoms with Gasteiger partial charge >= 0.3 is 12.0 Å². The summed E-state index contributed by atoms with van der Waals surface area (Å²) < 4.78 is 12.7. The number of aromatic carboxylic acids is 1. The van der Waals surface area contributed by atoms with Gasteiger partial charge in [0.1, 0.15) is 10.8 Å². The van der Waals surface area contributed by atoms with Crippen molar-refractivity contribution in [2.75, 3.05) is 5.32 Å². The van der Waals surface area contributed by atoms with Gasteiger partial charge < -0.3 is 15.7 Å². The Morgan fingerprint density at radius 3 is 2.60 bits per heavy atom. The third-order valence-electron chi connectivity index (χ3n) is 2.27. The van der Waals surface area contributed by atoms with Crippen LogP contribution in [-0.2, 0) is 6.54 Å². The van der Waals surface area contributed by atoms with E-state index in [9.17, 15) is 14.0 Å². The number of halogens is 1. The van der Waals surface area contributed by atoms with Crippen molar-refractivity contribution in [1.29, 1.82) is 0 Å². The number of anilines is 1. The van der Waals surface area contributed by atoms with E-state index in [0.717, 1.165) is 11.3 Å². The van der Waals surface area contributed by atoms with Gasteiger partial charge in [-0.15, -0.1) is 11.3 Å². The zero-order valence-electron chi connectivity index (χ0n) is 10.1. The maximum atomic E-state index is 12.7. The molecule has 104 valence electrons. The Kier molecular flexibility index (Phi) is 4.26. The van der Waals surface area contributed by atoms with Gasteiger partial charge in [-0.25, -0.2) is 19.0 Å². The van der Waals surface area contributed by atoms with Crippen LogP contribution in [-0.4, -0.2) is 22.1 Å². The molecule has 0 spiro atoms. The number of amides is 2. The maximum absolute atomic E-state index is 12.7. The van der Waals surface area contributed by atoms with E-state index in [-0.39, 0.29) is 18.1 Å². The number of aromatic nitrogens is 1. The summed E-state index contributed by atoms with van der Waals surface area (Å²) in [5.41, 5.74) is 0.403. The number of hydrogen-bond acceptors (Lipinski definition) is 4. The summed E-state index contributed by atoms with van der Waals surface area (Å²) in [5.74, 6) is -1.50. The first kappa shape index (κ1) is 13.9. The van der Waals surface area contributed by atoms with Crippen LogP contribution in [0.15, 0.2) is 29.6 Å². The van der Waals surface area contributed by atoms with Gasteiger partial charge in [0.05, 0.1) is 6.54 Å². The number of nitrogens with zero attached hydrogens (tertiary/aromatic N) is 1. The SMILES string of the molecule is O=C(NCc1nc(C(=O)O)cs1)Nc1ccc(F)cc1. The summed E-state index contributed by atoms with van der Waals surface area (Å²) in [5, 5.41) is 15.6. The number of hydrogen-bond donors (Lipinski definition) is 3. The van der Waals surface area contributed by atoms with Crippen molar-refractivity contribution >= 4 is 29.0 Å². The first-order chi connectivity index (χ1) is 9.54. The predicted molar refractivity (Wildman–Crippen MR) is 71.3 cm³/mol. The smallest absolute Gasteiger partial charge is 0.355 e. The first-order valence-electron chi connectivity index (χ1n) is 5.53. The average molecular weight is 295 g/mol. The minimum Gasteiger partial charge on any atom is -0.476 e. The lowest BCUT2D eigenvalue weighted by Crippen LogP contribution is -2.28. The zero-order chi connectivity index (χ0) is 14.5. The number of carboxylic acids is 1. The number of benzene rings is 1. The van der Waals surface area contributed by atoms with E-state index in [1.165, 1.54) is 29.6 Å². The fraction of sp³-hybridized carbons (Fsp3) is 0.0833. The van der Waals surface area contributed by atoms with E-state index in [0.29, 0.717) is 10.7 Å². The van der Waals surface area contributed by atoms with Crippen LogP contribution in [0.1, 0.15) is 15.5 Å². The molecule has 0 saturated heterocycles. The standard InChI is InChI=1S/C12H10FN3O3S/c13-7-1-3-8(4-2-7)15-12(19)14-5-10-16-9(6-20-10)11(17)18/h1-4,6H,5H2,(H,17,18)(H2,14,15,19). The van der Waals surface area contributed by atoms with Crippen molar-refractivity contribution in [3.63, 3.8) is 0 Å². The molecular formula is C12H10FN3O3S. The Morgan fingerprint density at radius 2 is 2.00 bits per heavy atom. The van der Waals surface area contributed by atoms with Crippen LogP contribution in [0, 0.1) is 5.82 Å². The predicted octanol–water partition coefficient (Wildman–Crippen LogP) is 2.30. The topological polar surface area (TPSA) is 91.3 Å². The second-order valence-electron chi connectivity index (χ2n) is 3.75. The van der Waals surface area contributed by atoms with E-state index in [2.05, 4.69) is 15.6 Å². The molecule has 0 aliphatic carbocycles. The fourth-order valence-corrected chi connectivity index (χ4v) is 2.06. The van der Waals surface area contributed by atoms with Crippen molar-refractivity contribution in [3.8, 4) is 0 Å². The Bertz CT molecular complexity index is 627. The average Bonchev–Trinajstić information content (AvgIpc) is 2.88. The number of rotatable bonds is 4. The number of carboxylic acid groups (broad SMARTS) is 1. The molecule has 6 nitrogen and oxygen atoms in total. The Labute approximate surface area is 117 Å². The lowest BCUT2D eigenvalue weighted by atomic mass is 10.3. The van der Waals surface area contributed by atoms with Gasteiger partial charge in [0.25, 0.3) is 0 Å². The van der Waals surface area contributed by atoms with Crippen molar-refractivity contribution in [3.05, 3.63) is 46.2 Å². The lowest BCUT2D eigenvalue weighted by molar-refractivity contribution is 0.0691. The van der Waals surface area contributed by atoms with Gasteiger partial charge in [-0.3, -0.25) is 0 Å². The highest BCUT2D eigenvalue weighted by Gasteiger charge is 2.09. The highest BCUT2D eigenvalue weighted by atomic mass is 32.1. The quantitative estimate of drug-likeness (QED) is 0.807. The van der Waals surface area contributed by atoms with Gasteiger partial charge in [0, 0.05) is 11.1 Å². The molecule has 20 heavy (non-hydrogen) atoms. The minimum absolute atomic E-state index is 0.0502. The summed E-state index contributed by atoms with van der Waals surface area (Å²) in [7, 11) is 0. The van der Waals surface area contributed by atoms with E-state index < -0.39 is 12.0 Å². The molecule has 0 saturated carbocycles. The number of carbonyl (C=O) groups excluding carboxylic acids is 1. The molecular weight excluding hydrogens is 285 g/mol. The molecule has 0 fully saturated rings. The molecule has 0 aliphatic rings. The van der Waals surface area contributed by atoms with Crippen molar-refractivity contribution in [1.82, 2.24) is 10.3 Å². The molecule has 1 aromatic carbocycles. The number of carbonyl (C=O) groups is 2. The van der Waals surface area contributed by atoms with Gasteiger partial charge in [-0.2, -0.15) is 0 Å². The molecule has 1 aromatic heterocycles. The van der Waals surface area contributed by atoms with Crippen LogP contribution in [0.3, 0.4) is 0 Å². The maximum Gasteiger partial charge on any atom is 0.355 e. The summed E-state index contributed by atoms with van der Waals surface area (Å²) >= 11 is 1.14. The zero-order valence-corrected chi connectivity index (χ0v) is 10.9. The van der Waals surface area contributed by atoms with Gasteiger partial charge in [0.15, 0.2) is 5.69 Å². The van der Waals surface area contributed by atoms with Crippen molar-refractivity contribution < 1.29 is 19.1 Å². The van der Waals surface area contributed by atoms with E-state index in [1.54, 1.807) is 0 Å². The molecule has 0 bridgehead atoms. The lowest BCUT2D eigenvalue weighted by Gasteiger charge is -2.05. The summed E-state index contributed by atoms with van der Waals surface area (Å²) in [6, 6.07) is 4.84. The molecule has 3 N–H and O–H groups in total. The van der Waals surface area contributed by atoms with Crippen molar-refractivity contribution in [2.45, 2.75) is 6.54 Å². The monoisotopic (exact) mass is 295 g/mol. The van der Waals surface area contributed by atoms with Gasteiger partial charge in [-0.1, -0.05) is 0 Å².